The standard InChI is InChI=1S/C12H9BrClFN2OS/c1-5-9(16)4-10(19-5)12(18)17-11-7(13)2-6(15)3-8(11)14/h2-4H,16H2,1H3,(H,17,18). The Bertz CT molecular complexity index is 617. The van der Waals surface area contributed by atoms with E-state index >= 15 is 0 Å². The number of carbonyl (C=O) groups excluding carboxylic acids is 1. The zero-order valence-corrected chi connectivity index (χ0v) is 12.9. The molecule has 0 saturated heterocycles. The average Bonchev–Trinajstić information content (AvgIpc) is 2.64. The molecular formula is C12H9BrClFN2OS. The van der Waals surface area contributed by atoms with Crippen molar-refractivity contribution in [3.63, 3.8) is 0 Å². The van der Waals surface area contributed by atoms with Gasteiger partial charge >= 0.3 is 0 Å². The minimum atomic E-state index is -0.480. The molecule has 0 atom stereocenters. The lowest BCUT2D eigenvalue weighted by molar-refractivity contribution is 0.103. The van der Waals surface area contributed by atoms with E-state index in [1.807, 2.05) is 6.92 Å². The molecule has 3 nitrogen and oxygen atoms in total. The Kier molecular flexibility index (Phi) is 4.13. The minimum absolute atomic E-state index is 0.126. The molecule has 0 bridgehead atoms. The summed E-state index contributed by atoms with van der Waals surface area (Å²) in [5, 5.41) is 2.76. The van der Waals surface area contributed by atoms with Crippen LogP contribution in [-0.2, 0) is 0 Å². The number of aryl methyl sites for hydroxylation is 1. The molecule has 0 spiro atoms. The number of benzene rings is 1. The number of nitrogen functional groups attached to an aromatic ring is 1. The Hall–Kier alpha value is -1.11. The number of amides is 1. The molecule has 100 valence electrons. The smallest absolute Gasteiger partial charge is 0.265 e. The van der Waals surface area contributed by atoms with Crippen LogP contribution in [0.4, 0.5) is 15.8 Å². The third-order valence-electron chi connectivity index (χ3n) is 2.43. The summed E-state index contributed by atoms with van der Waals surface area (Å²) in [5.41, 5.74) is 6.60. The number of anilines is 2. The van der Waals surface area contributed by atoms with Gasteiger partial charge in [0.2, 0.25) is 0 Å². The fraction of sp³-hybridized carbons (Fsp3) is 0.0833. The molecule has 0 saturated carbocycles. The molecule has 7 heteroatoms. The van der Waals surface area contributed by atoms with E-state index in [9.17, 15) is 9.18 Å². The van der Waals surface area contributed by atoms with Gasteiger partial charge in [0.1, 0.15) is 5.82 Å². The van der Waals surface area contributed by atoms with Crippen LogP contribution in [0.1, 0.15) is 14.5 Å². The number of nitrogens with two attached hydrogens (primary N) is 1. The van der Waals surface area contributed by atoms with Crippen LogP contribution in [-0.4, -0.2) is 5.91 Å². The van der Waals surface area contributed by atoms with Gasteiger partial charge in [-0.1, -0.05) is 11.6 Å². The van der Waals surface area contributed by atoms with Crippen molar-refractivity contribution >= 4 is 56.1 Å². The van der Waals surface area contributed by atoms with E-state index in [0.717, 1.165) is 10.9 Å². The SMILES string of the molecule is Cc1sc(C(=O)Nc2c(Cl)cc(F)cc2Br)cc1N. The van der Waals surface area contributed by atoms with E-state index in [1.165, 1.54) is 17.4 Å². The van der Waals surface area contributed by atoms with E-state index in [2.05, 4.69) is 21.2 Å². The molecule has 1 aromatic heterocycles. The molecule has 0 aliphatic carbocycles. The van der Waals surface area contributed by atoms with E-state index in [1.54, 1.807) is 6.07 Å². The first-order valence-corrected chi connectivity index (χ1v) is 7.19. The third-order valence-corrected chi connectivity index (χ3v) is 4.41. The molecule has 0 radical (unpaired) electrons. The van der Waals surface area contributed by atoms with Crippen LogP contribution < -0.4 is 11.1 Å². The Balaban J connectivity index is 2.29. The van der Waals surface area contributed by atoms with Crippen molar-refractivity contribution in [3.05, 3.63) is 43.3 Å². The number of carbonyl (C=O) groups is 1. The Morgan fingerprint density at radius 3 is 2.68 bits per heavy atom. The number of rotatable bonds is 2. The summed E-state index contributed by atoms with van der Waals surface area (Å²) >= 11 is 10.3. The fourth-order valence-electron chi connectivity index (χ4n) is 1.44. The Labute approximate surface area is 126 Å². The first-order chi connectivity index (χ1) is 8.88. The maximum atomic E-state index is 13.1. The lowest BCUT2D eigenvalue weighted by Gasteiger charge is -2.08. The van der Waals surface area contributed by atoms with Gasteiger partial charge in [-0.15, -0.1) is 11.3 Å². The highest BCUT2D eigenvalue weighted by molar-refractivity contribution is 9.10. The highest BCUT2D eigenvalue weighted by Crippen LogP contribution is 2.33. The molecule has 0 aliphatic rings. The van der Waals surface area contributed by atoms with Gasteiger partial charge in [-0.05, 0) is 41.1 Å². The maximum absolute atomic E-state index is 13.1. The zero-order valence-electron chi connectivity index (χ0n) is 9.76. The van der Waals surface area contributed by atoms with E-state index in [-0.39, 0.29) is 10.9 Å². The van der Waals surface area contributed by atoms with Crippen LogP contribution in [0.5, 0.6) is 0 Å². The largest absolute Gasteiger partial charge is 0.398 e. The summed E-state index contributed by atoms with van der Waals surface area (Å²) in [4.78, 5) is 13.4. The van der Waals surface area contributed by atoms with Gasteiger partial charge < -0.3 is 11.1 Å². The van der Waals surface area contributed by atoms with Crippen molar-refractivity contribution in [2.24, 2.45) is 0 Å². The molecule has 1 aromatic carbocycles. The van der Waals surface area contributed by atoms with Gasteiger partial charge in [-0.3, -0.25) is 4.79 Å². The molecule has 3 N–H and O–H groups in total. The van der Waals surface area contributed by atoms with Gasteiger partial charge in [-0.25, -0.2) is 4.39 Å². The second kappa shape index (κ2) is 5.48. The number of hydrogen-bond donors (Lipinski definition) is 2. The number of thiophene rings is 1. The quantitative estimate of drug-likeness (QED) is 0.828. The van der Waals surface area contributed by atoms with Crippen LogP contribution in [0, 0.1) is 12.7 Å². The summed E-state index contributed by atoms with van der Waals surface area (Å²) in [6, 6.07) is 3.96. The minimum Gasteiger partial charge on any atom is -0.398 e. The second-order valence-electron chi connectivity index (χ2n) is 3.82. The molecule has 0 aliphatic heterocycles. The predicted molar refractivity (Wildman–Crippen MR) is 80.5 cm³/mol. The van der Waals surface area contributed by atoms with Gasteiger partial charge in [0.05, 0.1) is 15.6 Å². The Morgan fingerprint density at radius 2 is 2.16 bits per heavy atom. The normalized spacial score (nSPS) is 10.5. The van der Waals surface area contributed by atoms with E-state index in [0.29, 0.717) is 20.7 Å². The van der Waals surface area contributed by atoms with Crippen molar-refractivity contribution in [1.29, 1.82) is 0 Å². The number of hydrogen-bond acceptors (Lipinski definition) is 3. The lowest BCUT2D eigenvalue weighted by atomic mass is 10.3. The number of halogens is 3. The summed E-state index contributed by atoms with van der Waals surface area (Å²) in [6.45, 7) is 1.83. The highest BCUT2D eigenvalue weighted by atomic mass is 79.9. The van der Waals surface area contributed by atoms with Crippen molar-refractivity contribution in [2.45, 2.75) is 6.92 Å². The molecule has 2 rings (SSSR count). The predicted octanol–water partition coefficient (Wildman–Crippen LogP) is 4.45. The van der Waals surface area contributed by atoms with Crippen molar-refractivity contribution in [1.82, 2.24) is 0 Å². The molecule has 19 heavy (non-hydrogen) atoms. The van der Waals surface area contributed by atoms with Crippen LogP contribution in [0.3, 0.4) is 0 Å². The second-order valence-corrected chi connectivity index (χ2v) is 6.34. The number of nitrogens with one attached hydrogen (secondary N) is 1. The molecule has 0 unspecified atom stereocenters. The van der Waals surface area contributed by atoms with Gasteiger partial charge in [-0.2, -0.15) is 0 Å². The monoisotopic (exact) mass is 362 g/mol. The molecule has 0 fully saturated rings. The molecular weight excluding hydrogens is 355 g/mol. The molecule has 1 amide bonds. The first kappa shape index (κ1) is 14.3. The van der Waals surface area contributed by atoms with E-state index < -0.39 is 5.82 Å². The van der Waals surface area contributed by atoms with E-state index in [4.69, 9.17) is 17.3 Å². The molecule has 2 aromatic rings. The maximum Gasteiger partial charge on any atom is 0.265 e. The topological polar surface area (TPSA) is 55.1 Å². The van der Waals surface area contributed by atoms with Crippen LogP contribution in [0.15, 0.2) is 22.7 Å². The van der Waals surface area contributed by atoms with Crippen LogP contribution >= 0.6 is 38.9 Å². The fourth-order valence-corrected chi connectivity index (χ4v) is 3.18. The van der Waals surface area contributed by atoms with Gasteiger partial charge in [0.15, 0.2) is 0 Å². The van der Waals surface area contributed by atoms with Gasteiger partial charge in [0, 0.05) is 15.0 Å². The first-order valence-electron chi connectivity index (χ1n) is 5.20. The third kappa shape index (κ3) is 3.08. The van der Waals surface area contributed by atoms with Crippen molar-refractivity contribution in [2.75, 3.05) is 11.1 Å². The molecule has 1 heterocycles. The van der Waals surface area contributed by atoms with Crippen LogP contribution in [0.25, 0.3) is 0 Å². The lowest BCUT2D eigenvalue weighted by Crippen LogP contribution is -2.11. The average molecular weight is 364 g/mol. The summed E-state index contributed by atoms with van der Waals surface area (Å²) < 4.78 is 13.5. The highest BCUT2D eigenvalue weighted by Gasteiger charge is 2.15. The van der Waals surface area contributed by atoms with Crippen molar-refractivity contribution in [3.8, 4) is 0 Å². The summed E-state index contributed by atoms with van der Waals surface area (Å²) in [5.74, 6) is -0.815. The summed E-state index contributed by atoms with van der Waals surface area (Å²) in [6.07, 6.45) is 0. The Morgan fingerprint density at radius 1 is 1.47 bits per heavy atom. The van der Waals surface area contributed by atoms with Crippen molar-refractivity contribution < 1.29 is 9.18 Å². The van der Waals surface area contributed by atoms with Gasteiger partial charge in [0.25, 0.3) is 5.91 Å². The van der Waals surface area contributed by atoms with Crippen LogP contribution in [0.2, 0.25) is 5.02 Å². The summed E-state index contributed by atoms with van der Waals surface area (Å²) in [7, 11) is 0. The zero-order chi connectivity index (χ0) is 14.2.